The fraction of sp³-hybridized carbons (Fsp3) is 0.724. The highest BCUT2D eigenvalue weighted by Gasteiger charge is 2.54. The molecule has 4 aliphatic carbocycles. The summed E-state index contributed by atoms with van der Waals surface area (Å²) in [5, 5.41) is 10.9. The van der Waals surface area contributed by atoms with Gasteiger partial charge in [-0.15, -0.1) is 0 Å². The van der Waals surface area contributed by atoms with Crippen molar-refractivity contribution in [1.29, 1.82) is 0 Å². The van der Waals surface area contributed by atoms with E-state index in [1.807, 2.05) is 20.8 Å². The van der Waals surface area contributed by atoms with Gasteiger partial charge in [0.05, 0.1) is 6.26 Å². The van der Waals surface area contributed by atoms with E-state index in [4.69, 9.17) is 14.0 Å². The average Bonchev–Trinajstić information content (AvgIpc) is 2.78. The molecule has 1 unspecified atom stereocenters. The van der Waals surface area contributed by atoms with E-state index in [9.17, 15) is 18.0 Å². The van der Waals surface area contributed by atoms with Gasteiger partial charge >= 0.3 is 5.97 Å². The molecule has 0 saturated heterocycles. The van der Waals surface area contributed by atoms with Crippen molar-refractivity contribution in [2.75, 3.05) is 19.4 Å². The first-order valence-electron chi connectivity index (χ1n) is 13.7. The molecule has 9 heteroatoms. The Morgan fingerprint density at radius 3 is 2.08 bits per heavy atom. The molecule has 214 valence electrons. The lowest BCUT2D eigenvalue weighted by atomic mass is 9.48. The molecule has 4 aliphatic rings. The summed E-state index contributed by atoms with van der Waals surface area (Å²) in [6.07, 6.45) is 6.84. The fourth-order valence-electron chi connectivity index (χ4n) is 6.83. The maximum atomic E-state index is 14.1. The van der Waals surface area contributed by atoms with Crippen LogP contribution in [0, 0.1) is 23.2 Å². The van der Waals surface area contributed by atoms with Gasteiger partial charge in [0.1, 0.15) is 12.7 Å². The Morgan fingerprint density at radius 1 is 1.11 bits per heavy atom. The SMILES string of the molecule is CC(=O)OCc1cc(C(CNC(C)(C)C)OS(C)(=O)=O)ccc1C(=O)C12CC3CC(CC(C3)C1)C2.CCO. The number of esters is 1. The molecule has 1 aromatic rings. The Kier molecular flexibility index (Phi) is 9.82. The molecule has 8 nitrogen and oxygen atoms in total. The zero-order valence-corrected chi connectivity index (χ0v) is 24.5. The quantitative estimate of drug-likeness (QED) is 0.261. The van der Waals surface area contributed by atoms with Crippen LogP contribution >= 0.6 is 0 Å². The smallest absolute Gasteiger partial charge is 0.302 e. The highest BCUT2D eigenvalue weighted by atomic mass is 32.2. The first-order valence-corrected chi connectivity index (χ1v) is 15.5. The van der Waals surface area contributed by atoms with Crippen LogP contribution in [0.4, 0.5) is 0 Å². The minimum Gasteiger partial charge on any atom is -0.461 e. The van der Waals surface area contributed by atoms with Gasteiger partial charge in [-0.2, -0.15) is 8.42 Å². The standard InChI is InChI=1S/C27H39NO6S.C2H6O/c1-17(29)33-16-22-11-21(24(34-35(5,31)32)15-28-26(2,3)4)6-7-23(22)25(30)27-12-18-8-19(13-27)10-20(9-18)14-27;1-2-3/h6-7,11,18-20,24,28H,8-10,12-16H2,1-5H3;3H,2H2,1H3. The first-order chi connectivity index (χ1) is 17.6. The predicted octanol–water partition coefficient (Wildman–Crippen LogP) is 4.55. The van der Waals surface area contributed by atoms with Crippen LogP contribution in [0.3, 0.4) is 0 Å². The van der Waals surface area contributed by atoms with Crippen molar-refractivity contribution in [2.24, 2.45) is 23.2 Å². The minimum atomic E-state index is -3.73. The van der Waals surface area contributed by atoms with Crippen LogP contribution in [0.2, 0.25) is 0 Å². The van der Waals surface area contributed by atoms with Gasteiger partial charge < -0.3 is 15.2 Å². The van der Waals surface area contributed by atoms with E-state index >= 15 is 0 Å². The molecule has 4 bridgehead atoms. The second-order valence-electron chi connectivity index (χ2n) is 12.5. The number of aliphatic hydroxyl groups is 1. The molecular formula is C29H45NO7S. The van der Waals surface area contributed by atoms with Gasteiger partial charge in [0.2, 0.25) is 0 Å². The van der Waals surface area contributed by atoms with Gasteiger partial charge in [-0.25, -0.2) is 0 Å². The number of carbonyl (C=O) groups excluding carboxylic acids is 2. The van der Waals surface area contributed by atoms with Gasteiger partial charge in [-0.1, -0.05) is 12.1 Å². The van der Waals surface area contributed by atoms with E-state index in [0.717, 1.165) is 25.5 Å². The molecule has 0 heterocycles. The number of hydrogen-bond donors (Lipinski definition) is 2. The van der Waals surface area contributed by atoms with Crippen molar-refractivity contribution in [2.45, 2.75) is 91.4 Å². The summed E-state index contributed by atoms with van der Waals surface area (Å²) in [7, 11) is -3.73. The van der Waals surface area contributed by atoms with Crippen LogP contribution in [0.1, 0.15) is 101 Å². The Labute approximate surface area is 228 Å². The summed E-state index contributed by atoms with van der Waals surface area (Å²) >= 11 is 0. The van der Waals surface area contributed by atoms with E-state index < -0.39 is 22.2 Å². The van der Waals surface area contributed by atoms with Crippen molar-refractivity contribution in [3.63, 3.8) is 0 Å². The zero-order valence-electron chi connectivity index (χ0n) is 23.7. The van der Waals surface area contributed by atoms with Gasteiger partial charge in [-0.3, -0.25) is 13.8 Å². The van der Waals surface area contributed by atoms with Crippen LogP contribution in [0.25, 0.3) is 0 Å². The molecule has 5 rings (SSSR count). The second kappa shape index (κ2) is 12.1. The monoisotopic (exact) mass is 551 g/mol. The van der Waals surface area contributed by atoms with E-state index in [0.29, 0.717) is 34.4 Å². The van der Waals surface area contributed by atoms with Crippen LogP contribution < -0.4 is 5.32 Å². The summed E-state index contributed by atoms with van der Waals surface area (Å²) in [4.78, 5) is 25.7. The topological polar surface area (TPSA) is 119 Å². The molecule has 1 atom stereocenters. The van der Waals surface area contributed by atoms with E-state index in [2.05, 4.69) is 5.32 Å². The second-order valence-corrected chi connectivity index (χ2v) is 14.1. The van der Waals surface area contributed by atoms with Crippen molar-refractivity contribution >= 4 is 21.9 Å². The third-order valence-corrected chi connectivity index (χ3v) is 8.39. The lowest BCUT2D eigenvalue weighted by Gasteiger charge is -2.56. The molecule has 4 saturated carbocycles. The molecule has 2 N–H and O–H groups in total. The van der Waals surface area contributed by atoms with Gasteiger partial charge in [0, 0.05) is 42.2 Å². The molecule has 0 aliphatic heterocycles. The van der Waals surface area contributed by atoms with Crippen molar-refractivity contribution < 1.29 is 32.0 Å². The molecule has 0 aromatic heterocycles. The lowest BCUT2D eigenvalue weighted by molar-refractivity contribution is -0.142. The largest absolute Gasteiger partial charge is 0.461 e. The van der Waals surface area contributed by atoms with Crippen LogP contribution in [-0.2, 0) is 30.4 Å². The highest BCUT2D eigenvalue weighted by Crippen LogP contribution is 2.61. The molecule has 38 heavy (non-hydrogen) atoms. The molecule has 0 radical (unpaired) electrons. The number of aliphatic hydroxyl groups excluding tert-OH is 1. The molecule has 0 amide bonds. The maximum absolute atomic E-state index is 14.1. The lowest BCUT2D eigenvalue weighted by Crippen LogP contribution is -2.50. The van der Waals surface area contributed by atoms with Crippen molar-refractivity contribution in [1.82, 2.24) is 5.32 Å². The number of hydrogen-bond acceptors (Lipinski definition) is 8. The number of benzene rings is 1. The molecule has 4 fully saturated rings. The van der Waals surface area contributed by atoms with Crippen molar-refractivity contribution in [3.05, 3.63) is 34.9 Å². The average molecular weight is 552 g/mol. The predicted molar refractivity (Wildman–Crippen MR) is 146 cm³/mol. The summed E-state index contributed by atoms with van der Waals surface area (Å²) in [6.45, 7) is 9.48. The van der Waals surface area contributed by atoms with Crippen LogP contribution in [-0.4, -0.2) is 50.2 Å². The van der Waals surface area contributed by atoms with Gasteiger partial charge in [0.25, 0.3) is 10.1 Å². The summed E-state index contributed by atoms with van der Waals surface area (Å²) in [5.41, 5.74) is 1.25. The minimum absolute atomic E-state index is 0.0328. The maximum Gasteiger partial charge on any atom is 0.302 e. The molecule has 0 spiro atoms. The summed E-state index contributed by atoms with van der Waals surface area (Å²) < 4.78 is 34.7. The van der Waals surface area contributed by atoms with Crippen LogP contribution in [0.5, 0.6) is 0 Å². The number of Topliss-reactive ketones (excluding diaryl/α,β-unsaturated/α-hetero) is 1. The number of carbonyl (C=O) groups is 2. The van der Waals surface area contributed by atoms with Crippen LogP contribution in [0.15, 0.2) is 18.2 Å². The van der Waals surface area contributed by atoms with E-state index in [-0.39, 0.29) is 36.5 Å². The summed E-state index contributed by atoms with van der Waals surface area (Å²) in [6, 6.07) is 5.34. The Hall–Kier alpha value is -1.81. The van der Waals surface area contributed by atoms with E-state index in [1.165, 1.54) is 26.2 Å². The number of nitrogens with one attached hydrogen (secondary N) is 1. The molecule has 1 aromatic carbocycles. The van der Waals surface area contributed by atoms with Crippen molar-refractivity contribution in [3.8, 4) is 0 Å². The Morgan fingerprint density at radius 2 is 1.63 bits per heavy atom. The van der Waals surface area contributed by atoms with Gasteiger partial charge in [0.15, 0.2) is 5.78 Å². The number of ether oxygens (including phenoxy) is 1. The molecular weight excluding hydrogens is 506 g/mol. The number of rotatable bonds is 9. The van der Waals surface area contributed by atoms with E-state index in [1.54, 1.807) is 25.1 Å². The highest BCUT2D eigenvalue weighted by molar-refractivity contribution is 7.86. The first kappa shape index (κ1) is 30.7. The fourth-order valence-corrected chi connectivity index (χ4v) is 7.43. The Bertz CT molecular complexity index is 1070. The zero-order chi connectivity index (χ0) is 28.3. The number of ketones is 1. The Balaban J connectivity index is 0.00000127. The summed E-state index contributed by atoms with van der Waals surface area (Å²) in [5.74, 6) is 1.63. The van der Waals surface area contributed by atoms with Gasteiger partial charge in [-0.05, 0) is 95.6 Å². The normalized spacial score (nSPS) is 26.9. The third kappa shape index (κ3) is 8.10. The third-order valence-electron chi connectivity index (χ3n) is 7.81.